The minimum atomic E-state index is 0.144. The van der Waals surface area contributed by atoms with E-state index < -0.39 is 0 Å². The van der Waals surface area contributed by atoms with Crippen LogP contribution in [0.15, 0.2) is 65.7 Å². The Balaban J connectivity index is 3.23. The number of aliphatic hydroxyl groups is 1. The first-order chi connectivity index (χ1) is 12.5. The average molecular weight is 359 g/mol. The Bertz CT molecular complexity index is 646. The summed E-state index contributed by atoms with van der Waals surface area (Å²) in [5, 5.41) is 20.4. The second-order valence-electron chi connectivity index (χ2n) is 5.66. The van der Waals surface area contributed by atoms with E-state index in [1.165, 1.54) is 0 Å². The Morgan fingerprint density at radius 2 is 2.27 bits per heavy atom. The van der Waals surface area contributed by atoms with Crippen LogP contribution in [0.5, 0.6) is 0 Å². The van der Waals surface area contributed by atoms with E-state index in [-0.39, 0.29) is 5.96 Å². The molecule has 1 heterocycles. The lowest BCUT2D eigenvalue weighted by Crippen LogP contribution is -2.34. The highest BCUT2D eigenvalue weighted by Gasteiger charge is 2.26. The van der Waals surface area contributed by atoms with E-state index in [1.807, 2.05) is 11.0 Å². The number of guanidine groups is 1. The van der Waals surface area contributed by atoms with Crippen LogP contribution in [0.4, 0.5) is 0 Å². The zero-order valence-corrected chi connectivity index (χ0v) is 15.8. The minimum Gasteiger partial charge on any atom is -0.516 e. The number of amidine groups is 1. The number of ether oxygens (including phenoxy) is 1. The van der Waals surface area contributed by atoms with Gasteiger partial charge in [-0.05, 0) is 29.7 Å². The van der Waals surface area contributed by atoms with Crippen molar-refractivity contribution in [3.8, 4) is 0 Å². The Morgan fingerprint density at radius 3 is 2.85 bits per heavy atom. The number of methoxy groups -OCH3 is 1. The van der Waals surface area contributed by atoms with E-state index in [0.717, 1.165) is 23.8 Å². The number of nitrogens with one attached hydrogen (secondary N) is 2. The molecule has 0 radical (unpaired) electrons. The predicted octanol–water partition coefficient (Wildman–Crippen LogP) is 2.40. The topological polar surface area (TPSA) is 84.2 Å². The van der Waals surface area contributed by atoms with Gasteiger partial charge in [0.05, 0.1) is 18.7 Å². The van der Waals surface area contributed by atoms with Crippen LogP contribution in [0.2, 0.25) is 0 Å². The molecule has 7 nitrogen and oxygen atoms in total. The Morgan fingerprint density at radius 1 is 1.54 bits per heavy atom. The standard InChI is InChI=1S/C19H29N5O2/c1-6-7-16(9-12-25)14-17-8-10-24(15(2)21-3)18(17)22-19(20)23(4)11-13-26-5/h6-7,9,12,14,20-21,25H,1-2,8,10-11,13H2,3-5H3/b12-9+,16-7+,17-14+,20-19?,22-18?. The molecule has 0 atom stereocenters. The lowest BCUT2D eigenvalue weighted by Gasteiger charge is -2.23. The van der Waals surface area contributed by atoms with Gasteiger partial charge in [0.15, 0.2) is 0 Å². The number of aliphatic imine (C=N–C) groups is 1. The van der Waals surface area contributed by atoms with E-state index in [9.17, 15) is 0 Å². The summed E-state index contributed by atoms with van der Waals surface area (Å²) in [5.74, 6) is 1.53. The summed E-state index contributed by atoms with van der Waals surface area (Å²) >= 11 is 0. The number of allylic oxidation sites excluding steroid dienone is 5. The maximum atomic E-state index is 9.08. The Labute approximate surface area is 155 Å². The van der Waals surface area contributed by atoms with Crippen LogP contribution in [0.25, 0.3) is 0 Å². The Kier molecular flexibility index (Phi) is 8.94. The molecular weight excluding hydrogens is 330 g/mol. The molecule has 0 amide bonds. The number of aliphatic hydroxyl groups excluding tert-OH is 1. The van der Waals surface area contributed by atoms with E-state index in [0.29, 0.717) is 31.4 Å². The summed E-state index contributed by atoms with van der Waals surface area (Å²) in [5.41, 5.74) is 1.75. The number of hydrogen-bond donors (Lipinski definition) is 3. The molecule has 7 heteroatoms. The number of rotatable bonds is 8. The van der Waals surface area contributed by atoms with Crippen LogP contribution >= 0.6 is 0 Å². The molecular formula is C19H29N5O2. The number of likely N-dealkylation sites (tertiary alicyclic amines) is 1. The van der Waals surface area contributed by atoms with Crippen molar-refractivity contribution in [1.29, 1.82) is 5.41 Å². The maximum Gasteiger partial charge on any atom is 0.219 e. The molecule has 1 aliphatic rings. The van der Waals surface area contributed by atoms with Gasteiger partial charge < -0.3 is 25.0 Å². The second kappa shape index (κ2) is 10.9. The molecule has 142 valence electrons. The molecule has 1 fully saturated rings. The second-order valence-corrected chi connectivity index (χ2v) is 5.66. The van der Waals surface area contributed by atoms with Gasteiger partial charge in [0, 0.05) is 34.3 Å². The van der Waals surface area contributed by atoms with Gasteiger partial charge in [0.2, 0.25) is 5.96 Å². The lowest BCUT2D eigenvalue weighted by molar-refractivity contribution is 0.182. The fourth-order valence-electron chi connectivity index (χ4n) is 2.38. The normalized spacial score (nSPS) is 18.0. The largest absolute Gasteiger partial charge is 0.516 e. The summed E-state index contributed by atoms with van der Waals surface area (Å²) in [6, 6.07) is 0. The van der Waals surface area contributed by atoms with Gasteiger partial charge in [0.25, 0.3) is 0 Å². The smallest absolute Gasteiger partial charge is 0.219 e. The summed E-state index contributed by atoms with van der Waals surface area (Å²) in [6.45, 7) is 9.51. The number of hydrogen-bond acceptors (Lipinski definition) is 4. The highest BCUT2D eigenvalue weighted by molar-refractivity contribution is 6.07. The SMILES string of the molecule is C=C/C=C(\C=C\O)/C=C1\CCN(C(=C)NC)C1=NC(=N)N(C)CCOC. The van der Waals surface area contributed by atoms with Crippen LogP contribution in [0, 0.1) is 5.41 Å². The molecule has 0 saturated carbocycles. The minimum absolute atomic E-state index is 0.144. The molecule has 1 rings (SSSR count). The monoisotopic (exact) mass is 359 g/mol. The van der Waals surface area contributed by atoms with Gasteiger partial charge in [-0.2, -0.15) is 4.99 Å². The molecule has 0 bridgehead atoms. The van der Waals surface area contributed by atoms with E-state index in [4.69, 9.17) is 15.3 Å². The zero-order valence-electron chi connectivity index (χ0n) is 15.8. The van der Waals surface area contributed by atoms with Crippen molar-refractivity contribution in [3.63, 3.8) is 0 Å². The van der Waals surface area contributed by atoms with Crippen molar-refractivity contribution < 1.29 is 9.84 Å². The third-order valence-corrected chi connectivity index (χ3v) is 3.88. The molecule has 1 aliphatic heterocycles. The van der Waals surface area contributed by atoms with Crippen LogP contribution in [-0.4, -0.2) is 67.6 Å². The van der Waals surface area contributed by atoms with Crippen molar-refractivity contribution in [2.45, 2.75) is 6.42 Å². The van der Waals surface area contributed by atoms with Gasteiger partial charge in [-0.1, -0.05) is 25.3 Å². The molecule has 0 aromatic carbocycles. The quantitative estimate of drug-likeness (QED) is 0.268. The van der Waals surface area contributed by atoms with Crippen molar-refractivity contribution in [3.05, 3.63) is 60.7 Å². The summed E-state index contributed by atoms with van der Waals surface area (Å²) in [7, 11) is 5.23. The van der Waals surface area contributed by atoms with Crippen LogP contribution in [0.3, 0.4) is 0 Å². The fourth-order valence-corrected chi connectivity index (χ4v) is 2.38. The first-order valence-electron chi connectivity index (χ1n) is 8.34. The Hall–Kier alpha value is -2.80. The third-order valence-electron chi connectivity index (χ3n) is 3.88. The highest BCUT2D eigenvalue weighted by atomic mass is 16.5. The van der Waals surface area contributed by atoms with E-state index >= 15 is 0 Å². The van der Waals surface area contributed by atoms with E-state index in [1.54, 1.807) is 44.3 Å². The average Bonchev–Trinajstić information content (AvgIpc) is 3.01. The maximum absolute atomic E-state index is 9.08. The van der Waals surface area contributed by atoms with Crippen LogP contribution in [-0.2, 0) is 4.74 Å². The van der Waals surface area contributed by atoms with E-state index in [2.05, 4.69) is 23.5 Å². The fraction of sp³-hybridized carbons (Fsp3) is 0.368. The predicted molar refractivity (Wildman–Crippen MR) is 107 cm³/mol. The molecule has 0 aliphatic carbocycles. The number of nitrogens with zero attached hydrogens (tertiary/aromatic N) is 3. The summed E-state index contributed by atoms with van der Waals surface area (Å²) < 4.78 is 5.06. The molecule has 1 saturated heterocycles. The van der Waals surface area contributed by atoms with Crippen molar-refractivity contribution in [2.24, 2.45) is 4.99 Å². The molecule has 0 spiro atoms. The molecule has 3 N–H and O–H groups in total. The highest BCUT2D eigenvalue weighted by Crippen LogP contribution is 2.23. The molecule has 0 aromatic rings. The van der Waals surface area contributed by atoms with Gasteiger partial charge in [-0.15, -0.1) is 0 Å². The molecule has 0 unspecified atom stereocenters. The molecule has 0 aromatic heterocycles. The van der Waals surface area contributed by atoms with Crippen molar-refractivity contribution >= 4 is 11.8 Å². The van der Waals surface area contributed by atoms with Gasteiger partial charge in [0.1, 0.15) is 5.84 Å². The first kappa shape index (κ1) is 21.2. The van der Waals surface area contributed by atoms with Crippen LogP contribution in [0.1, 0.15) is 6.42 Å². The van der Waals surface area contributed by atoms with Gasteiger partial charge in [-0.3, -0.25) is 5.41 Å². The number of likely N-dealkylation sites (N-methyl/N-ethyl adjacent to an activating group) is 1. The lowest BCUT2D eigenvalue weighted by atomic mass is 10.1. The van der Waals surface area contributed by atoms with Gasteiger partial charge in [-0.25, -0.2) is 0 Å². The summed E-state index contributed by atoms with van der Waals surface area (Å²) in [4.78, 5) is 8.19. The zero-order chi connectivity index (χ0) is 19.5. The summed E-state index contributed by atoms with van der Waals surface area (Å²) in [6.07, 6.45) is 8.70. The van der Waals surface area contributed by atoms with Crippen LogP contribution < -0.4 is 5.32 Å². The van der Waals surface area contributed by atoms with Gasteiger partial charge >= 0.3 is 0 Å². The van der Waals surface area contributed by atoms with Crippen molar-refractivity contribution in [2.75, 3.05) is 40.9 Å². The van der Waals surface area contributed by atoms with Crippen molar-refractivity contribution in [1.82, 2.24) is 15.1 Å². The first-order valence-corrected chi connectivity index (χ1v) is 8.34. The third kappa shape index (κ3) is 5.93. The molecule has 26 heavy (non-hydrogen) atoms.